The van der Waals surface area contributed by atoms with Crippen LogP contribution in [0.1, 0.15) is 6.92 Å². The lowest BCUT2D eigenvalue weighted by molar-refractivity contribution is -0.110. The summed E-state index contributed by atoms with van der Waals surface area (Å²) in [5, 5.41) is 0. The maximum Gasteiger partial charge on any atom is 0.564 e. The Bertz CT molecular complexity index is 191. The van der Waals surface area contributed by atoms with Crippen molar-refractivity contribution in [3.63, 3.8) is 0 Å². The van der Waals surface area contributed by atoms with Crippen LogP contribution >= 0.6 is 0 Å². The largest absolute Gasteiger partial charge is 0.564 e. The lowest BCUT2D eigenvalue weighted by Crippen LogP contribution is -2.18. The molecule has 3 heteroatoms. The van der Waals surface area contributed by atoms with Gasteiger partial charge in [0, 0.05) is 3.91 Å². The van der Waals surface area contributed by atoms with E-state index >= 15 is 0 Å². The Balaban J connectivity index is 2.58. The third-order valence-corrected chi connectivity index (χ3v) is 2.25. The standard InChI is InChI=1S/C4H3O.C2H3O.Mg/c1-2-4-5-3-1;1-2-3;/h1-3H;1H3;. The molecular weight excluding hydrogens is 128 g/mol. The third kappa shape index (κ3) is 2.20. The highest BCUT2D eigenvalue weighted by Gasteiger charge is 2.06. The Labute approximate surface area is 63.0 Å². The SMILES string of the molecule is C[C](=O)[Mg][c]1ccco1. The molecule has 0 spiro atoms. The molecule has 0 radical (unpaired) electrons. The van der Waals surface area contributed by atoms with Crippen LogP contribution in [0, 0.1) is 0 Å². The molecule has 0 saturated carbocycles. The zero-order valence-corrected chi connectivity index (χ0v) is 6.67. The molecule has 1 aromatic heterocycles. The molecular formula is C6H6MgO2. The molecule has 44 valence electrons. The third-order valence-electron chi connectivity index (χ3n) is 1.00. The monoisotopic (exact) mass is 134 g/mol. The summed E-state index contributed by atoms with van der Waals surface area (Å²) < 4.78 is 6.13. The van der Waals surface area contributed by atoms with Crippen molar-refractivity contribution < 1.29 is 9.21 Å². The van der Waals surface area contributed by atoms with Crippen molar-refractivity contribution in [1.29, 1.82) is 0 Å². The van der Waals surface area contributed by atoms with Crippen molar-refractivity contribution in [2.24, 2.45) is 0 Å². The van der Waals surface area contributed by atoms with Crippen LogP contribution in [0.4, 0.5) is 0 Å². The van der Waals surface area contributed by atoms with E-state index in [2.05, 4.69) is 0 Å². The van der Waals surface area contributed by atoms with Gasteiger partial charge in [-0.3, -0.25) is 0 Å². The summed E-state index contributed by atoms with van der Waals surface area (Å²) in [6, 6.07) is 3.67. The van der Waals surface area contributed by atoms with Gasteiger partial charge in [-0.05, 0) is 16.9 Å². The number of hydrogen-bond acceptors (Lipinski definition) is 2. The summed E-state index contributed by atoms with van der Waals surface area (Å²) in [4.78, 5) is 10.5. The van der Waals surface area contributed by atoms with Crippen molar-refractivity contribution >= 4 is 28.2 Å². The summed E-state index contributed by atoms with van der Waals surface area (Å²) in [6.45, 7) is 1.61. The first-order valence-corrected chi connectivity index (χ1v) is 4.22. The Morgan fingerprint density at radius 3 is 3.00 bits per heavy atom. The van der Waals surface area contributed by atoms with Crippen LogP contribution in [-0.4, -0.2) is 24.3 Å². The topological polar surface area (TPSA) is 30.2 Å². The Kier molecular flexibility index (Phi) is 2.30. The maximum atomic E-state index is 10.5. The van der Waals surface area contributed by atoms with Crippen LogP contribution in [0.15, 0.2) is 22.8 Å². The van der Waals surface area contributed by atoms with E-state index in [1.165, 1.54) is 0 Å². The van der Waals surface area contributed by atoms with Gasteiger partial charge in [0.1, 0.15) is 0 Å². The number of hydrogen-bond donors (Lipinski definition) is 0. The number of rotatable bonds is 2. The van der Waals surface area contributed by atoms with E-state index in [0.717, 1.165) is 3.89 Å². The summed E-state index contributed by atoms with van der Waals surface area (Å²) in [5.74, 6) is 0. The molecule has 0 saturated heterocycles. The first-order chi connectivity index (χ1) is 4.29. The lowest BCUT2D eigenvalue weighted by atomic mass is 10.7. The van der Waals surface area contributed by atoms with E-state index in [9.17, 15) is 4.79 Å². The van der Waals surface area contributed by atoms with Gasteiger partial charge in [0.2, 0.25) is 0 Å². The van der Waals surface area contributed by atoms with Crippen LogP contribution in [0.3, 0.4) is 0 Å². The lowest BCUT2D eigenvalue weighted by Gasteiger charge is -1.83. The second-order valence-corrected chi connectivity index (χ2v) is 4.00. The molecule has 0 aliphatic carbocycles. The molecule has 0 aliphatic heterocycles. The van der Waals surface area contributed by atoms with Gasteiger partial charge in [0.05, 0.1) is 6.26 Å². The van der Waals surface area contributed by atoms with Gasteiger partial charge in [0.25, 0.3) is 0 Å². The normalized spacial score (nSPS) is 8.56. The van der Waals surface area contributed by atoms with Gasteiger partial charge in [0.15, 0.2) is 0 Å². The predicted octanol–water partition coefficient (Wildman–Crippen LogP) is 0.156. The van der Waals surface area contributed by atoms with E-state index in [4.69, 9.17) is 4.42 Å². The molecule has 0 unspecified atom stereocenters. The molecule has 0 aromatic carbocycles. The van der Waals surface area contributed by atoms with Gasteiger partial charge in [-0.2, -0.15) is 0 Å². The van der Waals surface area contributed by atoms with Gasteiger partial charge in [-0.15, -0.1) is 0 Å². The molecule has 0 aliphatic rings. The van der Waals surface area contributed by atoms with Crippen LogP contribution in [-0.2, 0) is 4.79 Å². The van der Waals surface area contributed by atoms with Gasteiger partial charge in [-0.25, -0.2) is 0 Å². The Morgan fingerprint density at radius 1 is 1.78 bits per heavy atom. The zero-order valence-electron chi connectivity index (χ0n) is 5.26. The summed E-state index contributed by atoms with van der Waals surface area (Å²) in [6.07, 6.45) is 1.60. The van der Waals surface area contributed by atoms with Gasteiger partial charge >= 0.3 is 20.4 Å². The molecule has 1 heterocycles. The van der Waals surface area contributed by atoms with Crippen molar-refractivity contribution in [3.05, 3.63) is 18.4 Å². The Morgan fingerprint density at radius 2 is 2.56 bits per heavy atom. The van der Waals surface area contributed by atoms with Crippen LogP contribution < -0.4 is 3.89 Å². The molecule has 1 aromatic rings. The smallest absolute Gasteiger partial charge is 0.501 e. The second kappa shape index (κ2) is 3.03. The highest BCUT2D eigenvalue weighted by molar-refractivity contribution is 6.82. The van der Waals surface area contributed by atoms with Gasteiger partial charge in [-0.1, -0.05) is 6.07 Å². The van der Waals surface area contributed by atoms with E-state index < -0.39 is 20.4 Å². The fraction of sp³-hybridized carbons (Fsp3) is 0.167. The van der Waals surface area contributed by atoms with E-state index in [1.54, 1.807) is 13.2 Å². The minimum atomic E-state index is -0.740. The minimum absolute atomic E-state index is 0.268. The molecule has 2 nitrogen and oxygen atoms in total. The average Bonchev–Trinajstić information content (AvgIpc) is 2.15. The van der Waals surface area contributed by atoms with E-state index in [1.807, 2.05) is 12.1 Å². The summed E-state index contributed by atoms with van der Waals surface area (Å²) in [5.41, 5.74) is 0. The van der Waals surface area contributed by atoms with Crippen molar-refractivity contribution in [2.45, 2.75) is 6.92 Å². The minimum Gasteiger partial charge on any atom is -0.501 e. The average molecular weight is 134 g/mol. The van der Waals surface area contributed by atoms with Crippen LogP contribution in [0.25, 0.3) is 0 Å². The van der Waals surface area contributed by atoms with Crippen LogP contribution in [0.2, 0.25) is 0 Å². The molecule has 0 N–H and O–H groups in total. The van der Waals surface area contributed by atoms with Crippen molar-refractivity contribution in [3.8, 4) is 0 Å². The first kappa shape index (κ1) is 6.83. The highest BCUT2D eigenvalue weighted by Crippen LogP contribution is 1.80. The predicted molar refractivity (Wildman–Crippen MR) is 34.8 cm³/mol. The molecule has 9 heavy (non-hydrogen) atoms. The number of furan rings is 1. The van der Waals surface area contributed by atoms with Crippen LogP contribution in [0.5, 0.6) is 0 Å². The highest BCUT2D eigenvalue weighted by atomic mass is 24.5. The molecule has 1 rings (SSSR count). The second-order valence-electron chi connectivity index (χ2n) is 1.96. The number of carbonyl (C=O) groups excluding carboxylic acids is 1. The number of carbonyl (C=O) groups is 1. The van der Waals surface area contributed by atoms with Crippen molar-refractivity contribution in [2.75, 3.05) is 0 Å². The molecule has 0 atom stereocenters. The fourth-order valence-corrected chi connectivity index (χ4v) is 1.58. The zero-order chi connectivity index (χ0) is 6.69. The molecule has 0 fully saturated rings. The first-order valence-electron chi connectivity index (χ1n) is 2.81. The molecule has 0 amide bonds. The summed E-state index contributed by atoms with van der Waals surface area (Å²) in [7, 11) is 0. The summed E-state index contributed by atoms with van der Waals surface area (Å²) >= 11 is -0.740. The van der Waals surface area contributed by atoms with Gasteiger partial charge < -0.3 is 9.21 Å². The van der Waals surface area contributed by atoms with E-state index in [0.29, 0.717) is 0 Å². The van der Waals surface area contributed by atoms with E-state index in [-0.39, 0.29) is 3.91 Å². The van der Waals surface area contributed by atoms with Crippen molar-refractivity contribution in [1.82, 2.24) is 0 Å². The fourth-order valence-electron chi connectivity index (χ4n) is 0.659. The molecule has 0 bridgehead atoms. The maximum absolute atomic E-state index is 10.5. The quantitative estimate of drug-likeness (QED) is 0.539. The Hall–Kier alpha value is -0.284.